The maximum atomic E-state index is 12.5. The predicted molar refractivity (Wildman–Crippen MR) is 97.4 cm³/mol. The van der Waals surface area contributed by atoms with E-state index in [0.29, 0.717) is 10.2 Å². The molecule has 0 aliphatic rings. The van der Waals surface area contributed by atoms with Gasteiger partial charge >= 0.3 is 0 Å². The van der Waals surface area contributed by atoms with E-state index in [1.807, 2.05) is 30.3 Å². The molecule has 0 aliphatic carbocycles. The molecule has 2 aromatic carbocycles. The van der Waals surface area contributed by atoms with Gasteiger partial charge < -0.3 is 9.47 Å². The zero-order valence-corrected chi connectivity index (χ0v) is 16.3. The third-order valence-corrected chi connectivity index (χ3v) is 5.35. The molecule has 2 aromatic rings. The van der Waals surface area contributed by atoms with Gasteiger partial charge in [-0.2, -0.15) is 0 Å². The van der Waals surface area contributed by atoms with E-state index in [9.17, 15) is 8.42 Å². The molecule has 2 rings (SSSR count). The van der Waals surface area contributed by atoms with Crippen LogP contribution in [0.15, 0.2) is 51.8 Å². The Bertz CT molecular complexity index is 799. The number of para-hydroxylation sites is 1. The summed E-state index contributed by atoms with van der Waals surface area (Å²) in [5.74, 6) is 0.871. The molecule has 0 spiro atoms. The van der Waals surface area contributed by atoms with Gasteiger partial charge in [0.25, 0.3) is 0 Å². The lowest BCUT2D eigenvalue weighted by Crippen LogP contribution is -2.33. The van der Waals surface area contributed by atoms with Crippen LogP contribution in [0, 0.1) is 0 Å². The topological polar surface area (TPSA) is 64.6 Å². The third-order valence-electron chi connectivity index (χ3n) is 3.11. The molecule has 0 heterocycles. The summed E-state index contributed by atoms with van der Waals surface area (Å²) in [7, 11) is -2.41. The summed E-state index contributed by atoms with van der Waals surface area (Å²) < 4.78 is 38.9. The number of methoxy groups -OCH3 is 1. The summed E-state index contributed by atoms with van der Waals surface area (Å²) in [6, 6.07) is 12.1. The fourth-order valence-electron chi connectivity index (χ4n) is 2.01. The lowest BCUT2D eigenvalue weighted by atomic mass is 10.3. The van der Waals surface area contributed by atoms with Crippen LogP contribution >= 0.6 is 27.5 Å². The van der Waals surface area contributed by atoms with Crippen molar-refractivity contribution >= 4 is 37.6 Å². The van der Waals surface area contributed by atoms with Crippen LogP contribution in [0.5, 0.6) is 11.5 Å². The molecule has 1 unspecified atom stereocenters. The first-order valence-corrected chi connectivity index (χ1v) is 9.73. The highest BCUT2D eigenvalue weighted by Gasteiger charge is 2.23. The highest BCUT2D eigenvalue weighted by Crippen LogP contribution is 2.35. The quantitative estimate of drug-likeness (QED) is 0.719. The molecule has 24 heavy (non-hydrogen) atoms. The van der Waals surface area contributed by atoms with Crippen LogP contribution in [-0.4, -0.2) is 28.2 Å². The van der Waals surface area contributed by atoms with Crippen LogP contribution in [-0.2, 0) is 10.0 Å². The van der Waals surface area contributed by atoms with E-state index in [0.717, 1.165) is 0 Å². The summed E-state index contributed by atoms with van der Waals surface area (Å²) in [6.45, 7) is 1.88. The normalized spacial score (nSPS) is 12.7. The predicted octanol–water partition coefficient (Wildman–Crippen LogP) is 3.86. The van der Waals surface area contributed by atoms with Gasteiger partial charge in [0.1, 0.15) is 16.7 Å². The second-order valence-electron chi connectivity index (χ2n) is 5.01. The Morgan fingerprint density at radius 2 is 1.92 bits per heavy atom. The number of nitrogens with one attached hydrogen (secondary N) is 1. The van der Waals surface area contributed by atoms with Gasteiger partial charge in [0, 0.05) is 11.6 Å². The van der Waals surface area contributed by atoms with E-state index in [1.165, 1.54) is 13.2 Å². The Balaban J connectivity index is 2.12. The summed E-state index contributed by atoms with van der Waals surface area (Å²) in [4.78, 5) is -0.0312. The molecule has 0 radical (unpaired) electrons. The maximum absolute atomic E-state index is 12.5. The fraction of sp³-hybridized carbons (Fsp3) is 0.250. The van der Waals surface area contributed by atoms with Gasteiger partial charge in [-0.25, -0.2) is 13.1 Å². The molecule has 0 saturated heterocycles. The largest absolute Gasteiger partial charge is 0.494 e. The zero-order chi connectivity index (χ0) is 17.7. The van der Waals surface area contributed by atoms with Crippen molar-refractivity contribution in [2.45, 2.75) is 17.9 Å². The lowest BCUT2D eigenvalue weighted by molar-refractivity contribution is 0.225. The molecule has 0 saturated carbocycles. The highest BCUT2D eigenvalue weighted by atomic mass is 79.9. The van der Waals surface area contributed by atoms with Crippen LogP contribution in [0.4, 0.5) is 0 Å². The van der Waals surface area contributed by atoms with E-state index in [4.69, 9.17) is 21.1 Å². The van der Waals surface area contributed by atoms with Gasteiger partial charge in [-0.15, -0.1) is 0 Å². The first-order valence-electron chi connectivity index (χ1n) is 7.08. The number of halogens is 2. The monoisotopic (exact) mass is 433 g/mol. The first kappa shape index (κ1) is 19.1. The van der Waals surface area contributed by atoms with Crippen molar-refractivity contribution in [2.24, 2.45) is 0 Å². The molecule has 5 nitrogen and oxygen atoms in total. The summed E-state index contributed by atoms with van der Waals surface area (Å²) in [5.41, 5.74) is 0. The van der Waals surface area contributed by atoms with Crippen molar-refractivity contribution in [1.29, 1.82) is 0 Å². The van der Waals surface area contributed by atoms with Gasteiger partial charge in [0.2, 0.25) is 10.0 Å². The smallest absolute Gasteiger partial charge is 0.244 e. The fourth-order valence-corrected chi connectivity index (χ4v) is 4.51. The molecular formula is C16H17BrClNO4S. The Labute approximate surface area is 155 Å². The van der Waals surface area contributed by atoms with Crippen molar-refractivity contribution in [3.63, 3.8) is 0 Å². The second kappa shape index (κ2) is 8.20. The van der Waals surface area contributed by atoms with E-state index in [2.05, 4.69) is 20.7 Å². The van der Waals surface area contributed by atoms with E-state index in [1.54, 1.807) is 13.0 Å². The van der Waals surface area contributed by atoms with E-state index in [-0.39, 0.29) is 28.3 Å². The second-order valence-corrected chi connectivity index (χ2v) is 8.04. The third kappa shape index (κ3) is 4.86. The van der Waals surface area contributed by atoms with Crippen LogP contribution < -0.4 is 14.2 Å². The molecule has 1 N–H and O–H groups in total. The molecule has 0 bridgehead atoms. The van der Waals surface area contributed by atoms with Crippen LogP contribution in [0.3, 0.4) is 0 Å². The average molecular weight is 435 g/mol. The molecule has 130 valence electrons. The first-order chi connectivity index (χ1) is 11.3. The number of hydrogen-bond donors (Lipinski definition) is 1. The summed E-state index contributed by atoms with van der Waals surface area (Å²) in [5, 5.41) is 0.289. The molecule has 1 atom stereocenters. The minimum Gasteiger partial charge on any atom is -0.494 e. The summed E-state index contributed by atoms with van der Waals surface area (Å²) >= 11 is 9.20. The Kier molecular flexibility index (Phi) is 6.51. The average Bonchev–Trinajstić information content (AvgIpc) is 2.53. The SMILES string of the molecule is COc1c(Br)cc(Cl)cc1S(=O)(=O)NCC(C)Oc1ccccc1. The van der Waals surface area contributed by atoms with Crippen LogP contribution in [0.1, 0.15) is 6.92 Å². The van der Waals surface area contributed by atoms with Crippen LogP contribution in [0.25, 0.3) is 0 Å². The zero-order valence-electron chi connectivity index (χ0n) is 13.1. The van der Waals surface area contributed by atoms with Crippen molar-refractivity contribution in [3.8, 4) is 11.5 Å². The molecule has 0 amide bonds. The van der Waals surface area contributed by atoms with Crippen molar-refractivity contribution in [1.82, 2.24) is 4.72 Å². The van der Waals surface area contributed by atoms with Gasteiger partial charge in [0.15, 0.2) is 5.75 Å². The Hall–Kier alpha value is -1.28. The van der Waals surface area contributed by atoms with Crippen molar-refractivity contribution < 1.29 is 17.9 Å². The maximum Gasteiger partial charge on any atom is 0.244 e. The molecule has 0 aromatic heterocycles. The van der Waals surface area contributed by atoms with Gasteiger partial charge in [-0.3, -0.25) is 0 Å². The molecule has 8 heteroatoms. The Morgan fingerprint density at radius 1 is 1.25 bits per heavy atom. The number of hydrogen-bond acceptors (Lipinski definition) is 4. The lowest BCUT2D eigenvalue weighted by Gasteiger charge is -2.17. The van der Waals surface area contributed by atoms with Crippen molar-refractivity contribution in [2.75, 3.05) is 13.7 Å². The number of sulfonamides is 1. The van der Waals surface area contributed by atoms with Gasteiger partial charge in [-0.05, 0) is 47.1 Å². The van der Waals surface area contributed by atoms with Crippen LogP contribution in [0.2, 0.25) is 5.02 Å². The number of ether oxygens (including phenoxy) is 2. The van der Waals surface area contributed by atoms with Gasteiger partial charge in [0.05, 0.1) is 11.6 Å². The van der Waals surface area contributed by atoms with Crippen molar-refractivity contribution in [3.05, 3.63) is 52.0 Å². The van der Waals surface area contributed by atoms with E-state index >= 15 is 0 Å². The molecule has 0 fully saturated rings. The highest BCUT2D eigenvalue weighted by molar-refractivity contribution is 9.10. The number of rotatable bonds is 7. The number of benzene rings is 2. The molecular weight excluding hydrogens is 418 g/mol. The standard InChI is InChI=1S/C16H17BrClNO4S/c1-11(23-13-6-4-3-5-7-13)10-19-24(20,21)15-9-12(18)8-14(17)16(15)22-2/h3-9,11,19H,10H2,1-2H3. The molecule has 0 aliphatic heterocycles. The van der Waals surface area contributed by atoms with E-state index < -0.39 is 10.0 Å². The summed E-state index contributed by atoms with van der Waals surface area (Å²) in [6.07, 6.45) is -0.351. The minimum absolute atomic E-state index is 0.0312. The van der Waals surface area contributed by atoms with Gasteiger partial charge in [-0.1, -0.05) is 29.8 Å². The Morgan fingerprint density at radius 3 is 2.54 bits per heavy atom. The minimum atomic E-state index is -3.80.